The standard InChI is InChI=1S/C22H18F3N5O/c23-22(24,25)20-12-13-26-30(20)19-9-7-17(8-10-19)28-21(31)11-6-16-14-27-29(15-16)18-4-2-1-3-5-18/h1-5,7-10,12-15H,6,11H2,(H,28,31). The van der Waals surface area contributed by atoms with Gasteiger partial charge in [-0.2, -0.15) is 23.4 Å². The third-order valence-corrected chi connectivity index (χ3v) is 4.63. The monoisotopic (exact) mass is 425 g/mol. The Morgan fingerprint density at radius 2 is 1.68 bits per heavy atom. The van der Waals surface area contributed by atoms with E-state index in [0.29, 0.717) is 12.1 Å². The third-order valence-electron chi connectivity index (χ3n) is 4.63. The zero-order chi connectivity index (χ0) is 21.8. The highest BCUT2D eigenvalue weighted by atomic mass is 19.4. The van der Waals surface area contributed by atoms with Crippen molar-refractivity contribution in [1.29, 1.82) is 0 Å². The number of hydrogen-bond acceptors (Lipinski definition) is 3. The average molecular weight is 425 g/mol. The quantitative estimate of drug-likeness (QED) is 0.489. The van der Waals surface area contributed by atoms with Crippen LogP contribution in [-0.4, -0.2) is 25.5 Å². The number of rotatable bonds is 6. The lowest BCUT2D eigenvalue weighted by Gasteiger charge is -2.11. The van der Waals surface area contributed by atoms with Gasteiger partial charge in [0.25, 0.3) is 0 Å². The van der Waals surface area contributed by atoms with E-state index < -0.39 is 11.9 Å². The van der Waals surface area contributed by atoms with Gasteiger partial charge in [0, 0.05) is 18.3 Å². The van der Waals surface area contributed by atoms with Crippen molar-refractivity contribution in [2.75, 3.05) is 5.32 Å². The number of nitrogens with zero attached hydrogens (tertiary/aromatic N) is 4. The van der Waals surface area contributed by atoms with Crippen LogP contribution in [0, 0.1) is 0 Å². The number of benzene rings is 2. The van der Waals surface area contributed by atoms with E-state index in [0.717, 1.165) is 28.2 Å². The largest absolute Gasteiger partial charge is 0.433 e. The normalized spacial score (nSPS) is 11.5. The maximum absolute atomic E-state index is 13.0. The Hall–Kier alpha value is -3.88. The van der Waals surface area contributed by atoms with Crippen molar-refractivity contribution in [2.24, 2.45) is 0 Å². The smallest absolute Gasteiger partial charge is 0.326 e. The number of anilines is 1. The minimum Gasteiger partial charge on any atom is -0.326 e. The third kappa shape index (κ3) is 4.82. The topological polar surface area (TPSA) is 64.7 Å². The fraction of sp³-hybridized carbons (Fsp3) is 0.136. The summed E-state index contributed by atoms with van der Waals surface area (Å²) < 4.78 is 41.6. The summed E-state index contributed by atoms with van der Waals surface area (Å²) in [6.07, 6.45) is 0.950. The molecule has 0 atom stereocenters. The van der Waals surface area contributed by atoms with E-state index in [2.05, 4.69) is 15.5 Å². The molecule has 0 saturated heterocycles. The average Bonchev–Trinajstić information content (AvgIpc) is 3.43. The molecule has 0 spiro atoms. The second-order valence-electron chi connectivity index (χ2n) is 6.85. The highest BCUT2D eigenvalue weighted by molar-refractivity contribution is 5.90. The molecule has 0 radical (unpaired) electrons. The zero-order valence-corrected chi connectivity index (χ0v) is 16.3. The Balaban J connectivity index is 1.35. The molecule has 0 fully saturated rings. The summed E-state index contributed by atoms with van der Waals surface area (Å²) in [6.45, 7) is 0. The summed E-state index contributed by atoms with van der Waals surface area (Å²) in [7, 11) is 0. The fourth-order valence-corrected chi connectivity index (χ4v) is 3.10. The molecular formula is C22H18F3N5O. The van der Waals surface area contributed by atoms with Gasteiger partial charge >= 0.3 is 6.18 Å². The molecule has 4 aromatic rings. The van der Waals surface area contributed by atoms with Crippen molar-refractivity contribution >= 4 is 11.6 Å². The molecule has 4 rings (SSSR count). The molecule has 0 bridgehead atoms. The molecule has 1 amide bonds. The molecule has 2 aromatic heterocycles. The molecule has 2 heterocycles. The minimum atomic E-state index is -4.50. The number of nitrogens with one attached hydrogen (secondary N) is 1. The first-order chi connectivity index (χ1) is 14.9. The lowest BCUT2D eigenvalue weighted by Crippen LogP contribution is -2.14. The number of alkyl halides is 3. The van der Waals surface area contributed by atoms with Gasteiger partial charge in [0.15, 0.2) is 0 Å². The molecule has 158 valence electrons. The molecule has 31 heavy (non-hydrogen) atoms. The summed E-state index contributed by atoms with van der Waals surface area (Å²) in [4.78, 5) is 12.3. The van der Waals surface area contributed by atoms with E-state index in [1.807, 2.05) is 36.5 Å². The van der Waals surface area contributed by atoms with Crippen molar-refractivity contribution in [2.45, 2.75) is 19.0 Å². The van der Waals surface area contributed by atoms with Crippen LogP contribution in [0.15, 0.2) is 79.3 Å². The Morgan fingerprint density at radius 1 is 0.935 bits per heavy atom. The van der Waals surface area contributed by atoms with Crippen molar-refractivity contribution in [3.05, 3.63) is 90.5 Å². The summed E-state index contributed by atoms with van der Waals surface area (Å²) >= 11 is 0. The summed E-state index contributed by atoms with van der Waals surface area (Å²) in [5, 5.41) is 10.8. The van der Waals surface area contributed by atoms with Crippen molar-refractivity contribution in [3.63, 3.8) is 0 Å². The van der Waals surface area contributed by atoms with Gasteiger partial charge in [-0.15, -0.1) is 0 Å². The molecule has 0 unspecified atom stereocenters. The van der Waals surface area contributed by atoms with E-state index >= 15 is 0 Å². The van der Waals surface area contributed by atoms with E-state index in [9.17, 15) is 18.0 Å². The van der Waals surface area contributed by atoms with Crippen LogP contribution in [0.25, 0.3) is 11.4 Å². The van der Waals surface area contributed by atoms with Crippen LogP contribution in [0.2, 0.25) is 0 Å². The van der Waals surface area contributed by atoms with Crippen molar-refractivity contribution < 1.29 is 18.0 Å². The van der Waals surface area contributed by atoms with Crippen LogP contribution >= 0.6 is 0 Å². The lowest BCUT2D eigenvalue weighted by molar-refractivity contribution is -0.142. The molecular weight excluding hydrogens is 407 g/mol. The van der Waals surface area contributed by atoms with E-state index in [4.69, 9.17) is 0 Å². The van der Waals surface area contributed by atoms with E-state index in [-0.39, 0.29) is 18.0 Å². The predicted octanol–water partition coefficient (Wildman–Crippen LogP) is 4.65. The minimum absolute atomic E-state index is 0.199. The molecule has 0 saturated carbocycles. The summed E-state index contributed by atoms with van der Waals surface area (Å²) in [5.41, 5.74) is 1.75. The maximum atomic E-state index is 13.0. The molecule has 2 aromatic carbocycles. The van der Waals surface area contributed by atoms with Crippen LogP contribution in [-0.2, 0) is 17.4 Å². The van der Waals surface area contributed by atoms with E-state index in [1.165, 1.54) is 12.1 Å². The number of aromatic nitrogens is 4. The predicted molar refractivity (Wildman–Crippen MR) is 109 cm³/mol. The van der Waals surface area contributed by atoms with Crippen LogP contribution in [0.4, 0.5) is 18.9 Å². The molecule has 0 aliphatic heterocycles. The van der Waals surface area contributed by atoms with Crippen LogP contribution < -0.4 is 5.32 Å². The van der Waals surface area contributed by atoms with Crippen LogP contribution in [0.3, 0.4) is 0 Å². The van der Waals surface area contributed by atoms with Crippen molar-refractivity contribution in [3.8, 4) is 11.4 Å². The second kappa shape index (κ2) is 8.47. The maximum Gasteiger partial charge on any atom is 0.433 e. The number of para-hydroxylation sites is 1. The number of hydrogen-bond donors (Lipinski definition) is 1. The van der Waals surface area contributed by atoms with Gasteiger partial charge in [-0.1, -0.05) is 18.2 Å². The van der Waals surface area contributed by atoms with Crippen molar-refractivity contribution in [1.82, 2.24) is 19.6 Å². The van der Waals surface area contributed by atoms with Gasteiger partial charge in [0.2, 0.25) is 5.91 Å². The highest BCUT2D eigenvalue weighted by Gasteiger charge is 2.35. The number of carbonyl (C=O) groups excluding carboxylic acids is 1. The fourth-order valence-electron chi connectivity index (χ4n) is 3.10. The van der Waals surface area contributed by atoms with Crippen LogP contribution in [0.1, 0.15) is 17.7 Å². The Morgan fingerprint density at radius 3 is 2.39 bits per heavy atom. The second-order valence-corrected chi connectivity index (χ2v) is 6.85. The van der Waals surface area contributed by atoms with Gasteiger partial charge in [0.1, 0.15) is 5.69 Å². The molecule has 1 N–H and O–H groups in total. The molecule has 6 nitrogen and oxygen atoms in total. The van der Waals surface area contributed by atoms with E-state index in [1.54, 1.807) is 23.0 Å². The summed E-state index contributed by atoms with van der Waals surface area (Å²) in [6, 6.07) is 16.6. The Kier molecular flexibility index (Phi) is 5.57. The molecule has 0 aliphatic carbocycles. The lowest BCUT2D eigenvalue weighted by atomic mass is 10.2. The van der Waals surface area contributed by atoms with Crippen LogP contribution in [0.5, 0.6) is 0 Å². The Bertz CT molecular complexity index is 1160. The van der Waals surface area contributed by atoms with Gasteiger partial charge in [0.05, 0.1) is 23.8 Å². The van der Waals surface area contributed by atoms with Gasteiger partial charge < -0.3 is 5.32 Å². The number of aryl methyl sites for hydroxylation is 1. The highest BCUT2D eigenvalue weighted by Crippen LogP contribution is 2.30. The number of halogens is 3. The zero-order valence-electron chi connectivity index (χ0n) is 16.3. The summed E-state index contributed by atoms with van der Waals surface area (Å²) in [5.74, 6) is -0.199. The first-order valence-electron chi connectivity index (χ1n) is 9.51. The molecule has 9 heteroatoms. The first kappa shape index (κ1) is 20.4. The van der Waals surface area contributed by atoms with Gasteiger partial charge in [-0.05, 0) is 54.4 Å². The Labute approximate surface area is 175 Å². The number of amides is 1. The molecule has 0 aliphatic rings. The first-order valence-corrected chi connectivity index (χ1v) is 9.51. The SMILES string of the molecule is O=C(CCc1cnn(-c2ccccc2)c1)Nc1ccc(-n2nccc2C(F)(F)F)cc1. The number of carbonyl (C=O) groups is 1. The van der Waals surface area contributed by atoms with Gasteiger partial charge in [-0.3, -0.25) is 4.79 Å². The van der Waals surface area contributed by atoms with Gasteiger partial charge in [-0.25, -0.2) is 9.36 Å².